The number of carbonyl (C=O) groups excluding carboxylic acids is 1. The van der Waals surface area contributed by atoms with Gasteiger partial charge in [-0.15, -0.1) is 0 Å². The number of nitrogens with zero attached hydrogens (tertiary/aromatic N) is 1. The van der Waals surface area contributed by atoms with Gasteiger partial charge in [-0.1, -0.05) is 0 Å². The van der Waals surface area contributed by atoms with Crippen LogP contribution in [0.1, 0.15) is 17.0 Å². The molecular formula is C10H14N2O6S2. The van der Waals surface area contributed by atoms with Crippen LogP contribution in [0.25, 0.3) is 0 Å². The molecule has 1 aliphatic rings. The smallest absolute Gasteiger partial charge is 0.289 e. The van der Waals surface area contributed by atoms with Gasteiger partial charge in [0, 0.05) is 13.1 Å². The van der Waals surface area contributed by atoms with Crippen LogP contribution in [0.5, 0.6) is 0 Å². The summed E-state index contributed by atoms with van der Waals surface area (Å²) in [5.41, 5.74) is 0. The van der Waals surface area contributed by atoms with E-state index < -0.39 is 36.9 Å². The highest BCUT2D eigenvalue weighted by Gasteiger charge is 2.34. The molecule has 1 aromatic rings. The fourth-order valence-electron chi connectivity index (χ4n) is 2.01. The number of amides is 1. The van der Waals surface area contributed by atoms with Crippen LogP contribution < -0.4 is 5.14 Å². The number of primary sulfonamides is 1. The van der Waals surface area contributed by atoms with Crippen molar-refractivity contribution in [1.29, 1.82) is 0 Å². The number of furan rings is 1. The summed E-state index contributed by atoms with van der Waals surface area (Å²) < 4.78 is 49.8. The molecule has 1 fully saturated rings. The average molecular weight is 322 g/mol. The molecule has 2 N–H and O–H groups in total. The Labute approximate surface area is 116 Å². The minimum Gasteiger partial charge on any atom is -0.438 e. The predicted molar refractivity (Wildman–Crippen MR) is 69.2 cm³/mol. The van der Waals surface area contributed by atoms with E-state index >= 15 is 0 Å². The van der Waals surface area contributed by atoms with Crippen molar-refractivity contribution in [3.05, 3.63) is 17.9 Å². The van der Waals surface area contributed by atoms with Gasteiger partial charge < -0.3 is 9.32 Å². The van der Waals surface area contributed by atoms with Crippen molar-refractivity contribution in [2.45, 2.75) is 17.6 Å². The van der Waals surface area contributed by atoms with Crippen LogP contribution in [-0.2, 0) is 19.9 Å². The summed E-state index contributed by atoms with van der Waals surface area (Å²) >= 11 is 0. The summed E-state index contributed by atoms with van der Waals surface area (Å²) in [6, 6.07) is 1.85. The molecule has 1 saturated heterocycles. The minimum absolute atomic E-state index is 0.0376. The molecule has 2 heterocycles. The Hall–Kier alpha value is -1.39. The zero-order chi connectivity index (χ0) is 15.1. The van der Waals surface area contributed by atoms with E-state index in [1.807, 2.05) is 0 Å². The molecule has 1 unspecified atom stereocenters. The fourth-order valence-corrected chi connectivity index (χ4v) is 4.25. The Kier molecular flexibility index (Phi) is 3.65. The maximum atomic E-state index is 12.1. The number of carbonyl (C=O) groups is 1. The molecule has 0 aliphatic carbocycles. The molecule has 0 spiro atoms. The van der Waals surface area contributed by atoms with E-state index in [-0.39, 0.29) is 17.3 Å². The summed E-state index contributed by atoms with van der Waals surface area (Å²) in [4.78, 5) is 13.3. The van der Waals surface area contributed by atoms with E-state index in [1.165, 1.54) is 18.0 Å². The number of sulfonamides is 1. The molecule has 0 aromatic carbocycles. The molecule has 8 nitrogen and oxygen atoms in total. The van der Waals surface area contributed by atoms with Crippen molar-refractivity contribution in [2.75, 3.05) is 18.6 Å². The number of hydrogen-bond donors (Lipinski definition) is 1. The second-order valence-corrected chi connectivity index (χ2v) is 8.36. The standard InChI is InChI=1S/C10H14N2O6S2/c1-12(7-4-5-19(14,15)6-7)10(13)8-2-3-9(18-8)20(11,16)17/h2-3,7H,4-6H2,1H3,(H2,11,16,17). The van der Waals surface area contributed by atoms with Gasteiger partial charge in [-0.25, -0.2) is 22.0 Å². The number of rotatable bonds is 3. The highest BCUT2D eigenvalue weighted by molar-refractivity contribution is 7.91. The molecule has 1 atom stereocenters. The third kappa shape index (κ3) is 3.02. The monoisotopic (exact) mass is 322 g/mol. The third-order valence-corrected chi connectivity index (χ3v) is 5.68. The van der Waals surface area contributed by atoms with Crippen LogP contribution in [0, 0.1) is 0 Å². The van der Waals surface area contributed by atoms with Gasteiger partial charge in [0.05, 0.1) is 11.5 Å². The van der Waals surface area contributed by atoms with Crippen LogP contribution in [0.15, 0.2) is 21.6 Å². The van der Waals surface area contributed by atoms with Crippen molar-refractivity contribution in [3.8, 4) is 0 Å². The summed E-state index contributed by atoms with van der Waals surface area (Å²) in [5, 5.41) is 4.37. The Balaban J connectivity index is 2.18. The number of sulfone groups is 1. The normalized spacial score (nSPS) is 21.8. The topological polar surface area (TPSA) is 128 Å². The van der Waals surface area contributed by atoms with Gasteiger partial charge in [-0.2, -0.15) is 0 Å². The third-order valence-electron chi connectivity index (χ3n) is 3.15. The summed E-state index contributed by atoms with van der Waals surface area (Å²) in [5.74, 6) is -0.837. The number of hydrogen-bond acceptors (Lipinski definition) is 6. The van der Waals surface area contributed by atoms with Crippen LogP contribution in [-0.4, -0.2) is 52.2 Å². The molecule has 0 radical (unpaired) electrons. The van der Waals surface area contributed by atoms with Crippen molar-refractivity contribution in [3.63, 3.8) is 0 Å². The number of nitrogens with two attached hydrogens (primary N) is 1. The lowest BCUT2D eigenvalue weighted by molar-refractivity contribution is 0.0710. The van der Waals surface area contributed by atoms with Crippen LogP contribution in [0.3, 0.4) is 0 Å². The van der Waals surface area contributed by atoms with Gasteiger partial charge in [-0.3, -0.25) is 4.79 Å². The molecule has 1 aliphatic heterocycles. The van der Waals surface area contributed by atoms with Gasteiger partial charge in [0.2, 0.25) is 5.09 Å². The Bertz CT molecular complexity index is 734. The summed E-state index contributed by atoms with van der Waals surface area (Å²) in [6.07, 6.45) is 0.354. The molecule has 0 bridgehead atoms. The van der Waals surface area contributed by atoms with Crippen molar-refractivity contribution in [1.82, 2.24) is 4.90 Å². The maximum Gasteiger partial charge on any atom is 0.289 e. The molecule has 2 rings (SSSR count). The van der Waals surface area contributed by atoms with E-state index in [4.69, 9.17) is 9.56 Å². The Morgan fingerprint density at radius 2 is 2.10 bits per heavy atom. The van der Waals surface area contributed by atoms with Gasteiger partial charge in [0.25, 0.3) is 15.9 Å². The Morgan fingerprint density at radius 3 is 2.55 bits per heavy atom. The first-order valence-electron chi connectivity index (χ1n) is 5.70. The van der Waals surface area contributed by atoms with E-state index in [9.17, 15) is 21.6 Å². The lowest BCUT2D eigenvalue weighted by Crippen LogP contribution is -2.37. The average Bonchev–Trinajstić information content (AvgIpc) is 2.92. The van der Waals surface area contributed by atoms with Crippen LogP contribution >= 0.6 is 0 Å². The lowest BCUT2D eigenvalue weighted by Gasteiger charge is -2.22. The quantitative estimate of drug-likeness (QED) is 0.775. The van der Waals surface area contributed by atoms with E-state index in [0.29, 0.717) is 6.42 Å². The second-order valence-electron chi connectivity index (χ2n) is 4.64. The zero-order valence-corrected chi connectivity index (χ0v) is 12.3. The van der Waals surface area contributed by atoms with Gasteiger partial charge >= 0.3 is 0 Å². The van der Waals surface area contributed by atoms with Crippen LogP contribution in [0.2, 0.25) is 0 Å². The van der Waals surface area contributed by atoms with E-state index in [1.54, 1.807) is 0 Å². The van der Waals surface area contributed by atoms with Gasteiger partial charge in [-0.05, 0) is 18.6 Å². The predicted octanol–water partition coefficient (Wildman–Crippen LogP) is -0.814. The molecule has 1 aromatic heterocycles. The zero-order valence-electron chi connectivity index (χ0n) is 10.6. The fraction of sp³-hybridized carbons (Fsp3) is 0.500. The lowest BCUT2D eigenvalue weighted by atomic mass is 10.2. The first-order valence-corrected chi connectivity index (χ1v) is 9.07. The van der Waals surface area contributed by atoms with Crippen molar-refractivity contribution < 1.29 is 26.0 Å². The molecular weight excluding hydrogens is 308 g/mol. The molecule has 1 amide bonds. The van der Waals surface area contributed by atoms with Gasteiger partial charge in [0.15, 0.2) is 15.6 Å². The van der Waals surface area contributed by atoms with Gasteiger partial charge in [0.1, 0.15) is 0 Å². The second kappa shape index (κ2) is 4.86. The highest BCUT2D eigenvalue weighted by atomic mass is 32.2. The maximum absolute atomic E-state index is 12.1. The summed E-state index contributed by atoms with van der Waals surface area (Å²) in [6.45, 7) is 0. The summed E-state index contributed by atoms with van der Waals surface area (Å²) in [7, 11) is -5.68. The first kappa shape index (κ1) is 15.0. The highest BCUT2D eigenvalue weighted by Crippen LogP contribution is 2.20. The van der Waals surface area contributed by atoms with Crippen LogP contribution in [0.4, 0.5) is 0 Å². The van der Waals surface area contributed by atoms with Crippen molar-refractivity contribution in [2.24, 2.45) is 5.14 Å². The molecule has 0 saturated carbocycles. The molecule has 112 valence electrons. The Morgan fingerprint density at radius 1 is 1.45 bits per heavy atom. The van der Waals surface area contributed by atoms with E-state index in [2.05, 4.69) is 0 Å². The SMILES string of the molecule is CN(C(=O)c1ccc(S(N)(=O)=O)o1)C1CCS(=O)(=O)C1. The molecule has 10 heteroatoms. The largest absolute Gasteiger partial charge is 0.438 e. The molecule has 20 heavy (non-hydrogen) atoms. The first-order chi connectivity index (χ1) is 9.10. The van der Waals surface area contributed by atoms with Crippen molar-refractivity contribution >= 4 is 25.8 Å². The minimum atomic E-state index is -4.01. The van der Waals surface area contributed by atoms with E-state index in [0.717, 1.165) is 6.07 Å².